The summed E-state index contributed by atoms with van der Waals surface area (Å²) in [4.78, 5) is 60.7. The highest BCUT2D eigenvalue weighted by molar-refractivity contribution is 8.24. The molecule has 1 atom stereocenters. The van der Waals surface area contributed by atoms with E-state index in [0.29, 0.717) is 74.6 Å². The summed E-state index contributed by atoms with van der Waals surface area (Å²) in [6.07, 6.45) is 4.96. The average Bonchev–Trinajstić information content (AvgIpc) is 3.95. The number of nitrogens with one attached hydrogen (secondary N) is 4. The van der Waals surface area contributed by atoms with Crippen molar-refractivity contribution in [2.75, 3.05) is 59.9 Å². The van der Waals surface area contributed by atoms with Crippen molar-refractivity contribution in [3.05, 3.63) is 136 Å². The first kappa shape index (κ1) is 59.6. The van der Waals surface area contributed by atoms with Gasteiger partial charge >= 0.3 is 16.4 Å². The number of anilines is 3. The Morgan fingerprint density at radius 3 is 1.53 bits per heavy atom. The number of nitrogens with zero attached hydrogens (tertiary/aromatic N) is 6. The number of benzene rings is 3. The third kappa shape index (κ3) is 15.8. The van der Waals surface area contributed by atoms with Crippen LogP contribution in [0.2, 0.25) is 5.15 Å². The number of nitriles is 1. The number of nitrogen functional groups attached to an aromatic ring is 3. The molecule has 0 fully saturated rings. The number of fused-ring (bicyclic) bond motifs is 2. The molecule has 75 heavy (non-hydrogen) atoms. The predicted octanol–water partition coefficient (Wildman–Crippen LogP) is 8.82. The largest absolute Gasteiger partial charge is 0.493 e. The smallest absolute Gasteiger partial charge is 0.356 e. The first-order valence-electron chi connectivity index (χ1n) is 21.1. The van der Waals surface area contributed by atoms with Crippen molar-refractivity contribution in [3.8, 4) is 40.6 Å². The van der Waals surface area contributed by atoms with E-state index in [0.717, 1.165) is 27.8 Å². The minimum Gasteiger partial charge on any atom is -0.493 e. The molecule has 5 heterocycles. The molecule has 0 aliphatic heterocycles. The Hall–Kier alpha value is -7.94. The van der Waals surface area contributed by atoms with Gasteiger partial charge in [-0.25, -0.2) is 15.0 Å². The van der Waals surface area contributed by atoms with Gasteiger partial charge in [-0.1, -0.05) is 37.2 Å². The molecule has 0 bridgehead atoms. The van der Waals surface area contributed by atoms with Crippen molar-refractivity contribution in [3.63, 3.8) is 0 Å². The van der Waals surface area contributed by atoms with E-state index in [2.05, 4.69) is 73.6 Å². The molecule has 8 aromatic rings. The molecule has 0 spiro atoms. The fraction of sp³-hybridized carbons (Fsp3) is 0.239. The molecule has 1 unspecified atom stereocenters. The number of ether oxygens (including phenoxy) is 6. The molecule has 24 nitrogen and oxygen atoms in total. The summed E-state index contributed by atoms with van der Waals surface area (Å²) < 4.78 is 40.9. The van der Waals surface area contributed by atoms with Gasteiger partial charge in [0.15, 0.2) is 39.7 Å². The molecule has 29 heteroatoms. The highest BCUT2D eigenvalue weighted by atomic mass is 36.0. The highest BCUT2D eigenvalue weighted by Gasteiger charge is 2.29. The molecule has 8 rings (SSSR count). The Balaban J connectivity index is 0.000000231. The maximum atomic E-state index is 11.8. The van der Waals surface area contributed by atoms with E-state index >= 15 is 0 Å². The lowest BCUT2D eigenvalue weighted by Gasteiger charge is -2.12. The molecule has 0 radical (unpaired) electrons. The second kappa shape index (κ2) is 26.8. The van der Waals surface area contributed by atoms with Crippen molar-refractivity contribution >= 4 is 96.1 Å². The van der Waals surface area contributed by atoms with E-state index in [-0.39, 0.29) is 42.9 Å². The van der Waals surface area contributed by atoms with Gasteiger partial charge in [0.05, 0.1) is 65.1 Å². The predicted molar refractivity (Wildman–Crippen MR) is 289 cm³/mol. The average molecular weight is 1130 g/mol. The highest BCUT2D eigenvalue weighted by Crippen LogP contribution is 2.61. The number of nitro groups is 1. The topological polar surface area (TPSA) is 366 Å². The van der Waals surface area contributed by atoms with E-state index in [1.54, 1.807) is 52.8 Å². The van der Waals surface area contributed by atoms with E-state index < -0.39 is 27.3 Å². The van der Waals surface area contributed by atoms with Crippen LogP contribution in [0, 0.1) is 21.4 Å². The van der Waals surface area contributed by atoms with E-state index in [1.165, 1.54) is 14.2 Å². The van der Waals surface area contributed by atoms with Crippen molar-refractivity contribution in [2.24, 2.45) is 0 Å². The van der Waals surface area contributed by atoms with E-state index in [1.807, 2.05) is 48.7 Å². The molecule has 0 amide bonds. The minimum atomic E-state index is -3.22. The number of halogens is 4. The van der Waals surface area contributed by atoms with Gasteiger partial charge in [0.25, 0.3) is 5.56 Å². The fourth-order valence-electron chi connectivity index (χ4n) is 7.18. The molecule has 3 aromatic carbocycles. The zero-order chi connectivity index (χ0) is 54.4. The summed E-state index contributed by atoms with van der Waals surface area (Å²) in [5, 5.41) is 17.7. The van der Waals surface area contributed by atoms with Crippen LogP contribution in [0.3, 0.4) is 0 Å². The quantitative estimate of drug-likeness (QED) is 0.0231. The number of hydrogen-bond acceptors (Lipinski definition) is 19. The molecular weight excluding hydrogens is 1080 g/mol. The first-order chi connectivity index (χ1) is 35.1. The van der Waals surface area contributed by atoms with Crippen LogP contribution in [-0.4, -0.2) is 87.5 Å². The summed E-state index contributed by atoms with van der Waals surface area (Å²) in [7, 11) is 9.36. The molecule has 0 aliphatic carbocycles. The number of H-pyrrole nitrogens is 4. The summed E-state index contributed by atoms with van der Waals surface area (Å²) in [5.41, 5.74) is 21.4. The zero-order valence-corrected chi connectivity index (χ0v) is 43.8. The Bertz CT molecular complexity index is 3500. The summed E-state index contributed by atoms with van der Waals surface area (Å²) in [6, 6.07) is 18.4. The Morgan fingerprint density at radius 1 is 0.667 bits per heavy atom. The van der Waals surface area contributed by atoms with Crippen molar-refractivity contribution in [1.29, 1.82) is 5.26 Å². The van der Waals surface area contributed by atoms with Gasteiger partial charge in [0.1, 0.15) is 22.2 Å². The Labute approximate surface area is 446 Å². The van der Waals surface area contributed by atoms with Gasteiger partial charge < -0.3 is 55.6 Å². The van der Waals surface area contributed by atoms with Crippen molar-refractivity contribution < 1.29 is 37.9 Å². The summed E-state index contributed by atoms with van der Waals surface area (Å²) >= 11 is 19.9. The number of hydrogen-bond donors (Lipinski definition) is 7. The molecule has 0 aliphatic rings. The van der Waals surface area contributed by atoms with Crippen LogP contribution in [0.25, 0.3) is 22.1 Å². The molecule has 5 aromatic heterocycles. The molecule has 10 N–H and O–H groups in total. The maximum absolute atomic E-state index is 11.8. The first-order valence-corrected chi connectivity index (χ1v) is 25.9. The van der Waals surface area contributed by atoms with Crippen LogP contribution in [0.15, 0.2) is 76.6 Å². The fourth-order valence-corrected chi connectivity index (χ4v) is 7.41. The van der Waals surface area contributed by atoms with Crippen LogP contribution in [-0.2, 0) is 23.8 Å². The lowest BCUT2D eigenvalue weighted by molar-refractivity contribution is -0.387. The molecule has 398 valence electrons. The lowest BCUT2D eigenvalue weighted by atomic mass is 9.96. The zero-order valence-electron chi connectivity index (χ0n) is 39.9. The number of aromatic amines is 4. The summed E-state index contributed by atoms with van der Waals surface area (Å²) in [5.74, 6) is 2.59. The van der Waals surface area contributed by atoms with Gasteiger partial charge in [-0.05, 0) is 93.2 Å². The summed E-state index contributed by atoms with van der Waals surface area (Å²) in [6.45, 7) is 0. The number of rotatable bonds is 14. The number of methoxy groups -OCH3 is 6. The Morgan fingerprint density at radius 2 is 1.08 bits per heavy atom. The lowest BCUT2D eigenvalue weighted by Crippen LogP contribution is -2.20. The van der Waals surface area contributed by atoms with Gasteiger partial charge in [-0.2, -0.15) is 10.2 Å². The van der Waals surface area contributed by atoms with Crippen LogP contribution < -0.4 is 56.7 Å². The van der Waals surface area contributed by atoms with Crippen LogP contribution in [0.1, 0.15) is 46.9 Å². The van der Waals surface area contributed by atoms with Crippen LogP contribution in [0.5, 0.6) is 34.5 Å². The third-order valence-corrected chi connectivity index (χ3v) is 10.7. The normalized spacial score (nSPS) is 10.9. The maximum Gasteiger partial charge on any atom is 0.356 e. The number of nitrogens with two attached hydrogens (primary N) is 3. The Kier molecular flexibility index (Phi) is 21.3. The van der Waals surface area contributed by atoms with Gasteiger partial charge in [0, 0.05) is 36.4 Å². The SMILES string of the molecule is C.COc1ccc(CC(C#N)c2nc(N)[nH]c(=O)c2[N+](=O)[O-])cc1OC.COc1ccc(Cc2c[nH]c3c(=O)[nH]c(N)nc23)cc1OC.COc1ccc(Cc2c[nH]c3c(Cl)nc(N)nc23)cc1OC.O=P(Cl)(Cl)Cl. The van der Waals surface area contributed by atoms with Gasteiger partial charge in [0.2, 0.25) is 17.8 Å². The second-order valence-corrected chi connectivity index (χ2v) is 22.0. The van der Waals surface area contributed by atoms with Crippen LogP contribution >= 0.6 is 50.5 Å². The van der Waals surface area contributed by atoms with Gasteiger partial charge in [-0.3, -0.25) is 34.2 Å². The van der Waals surface area contributed by atoms with Crippen molar-refractivity contribution in [1.82, 2.24) is 39.9 Å². The standard InChI is InChI=1S/C15H15ClN4O2.C15H15N5O5.C15H16N4O3.CH4.Cl3OP/c1-21-10-4-3-8(6-11(10)22-2)5-9-7-18-13-12(9)19-15(17)20-14(13)16;1-24-10-4-3-8(6-11(10)25-2)5-9(7-16)12-13(20(22)23)14(21)19-15(17)18-12;1-21-10-4-3-8(6-11(10)22-2)5-9-7-17-13-12(9)18-15(16)19-14(13)20;;1-5(2,3)4/h3-4,6-7,18H,5H2,1-2H3,(H2,17,19,20);3-4,6,9H,5H2,1-2H3,(H3,17,18,19,21);3-4,6-7,17H,5H2,1-2H3,(H3,16,18,19,20);1H4;. The van der Waals surface area contributed by atoms with Crippen LogP contribution in [0.4, 0.5) is 23.5 Å². The monoisotopic (exact) mass is 1130 g/mol. The molecule has 0 saturated heterocycles. The van der Waals surface area contributed by atoms with Crippen molar-refractivity contribution in [2.45, 2.75) is 32.6 Å². The number of aromatic nitrogens is 8. The second-order valence-electron chi connectivity index (χ2n) is 15.0. The minimum absolute atomic E-state index is 0. The van der Waals surface area contributed by atoms with E-state index in [9.17, 15) is 29.5 Å². The van der Waals surface area contributed by atoms with Gasteiger partial charge in [-0.15, -0.1) is 0 Å². The molecular formula is C46H50Cl4N13O11P. The third-order valence-electron chi connectivity index (χ3n) is 10.4. The van der Waals surface area contributed by atoms with E-state index in [4.69, 9.17) is 57.2 Å². The molecule has 0 saturated carbocycles.